The number of carbonyl (C=O) groups is 1. The number of carbonyl (C=O) groups excluding carboxylic acids is 1. The van der Waals surface area contributed by atoms with E-state index >= 15 is 0 Å². The number of benzene rings is 2. The molecule has 1 amide bonds. The number of nitrogens with zero attached hydrogens (tertiary/aromatic N) is 2. The molecule has 134 valence electrons. The van der Waals surface area contributed by atoms with Crippen molar-refractivity contribution >= 4 is 17.5 Å². The van der Waals surface area contributed by atoms with Crippen molar-refractivity contribution in [3.63, 3.8) is 0 Å². The highest BCUT2D eigenvalue weighted by Gasteiger charge is 2.22. The van der Waals surface area contributed by atoms with Gasteiger partial charge in [0.2, 0.25) is 17.6 Å². The Morgan fingerprint density at radius 2 is 2.04 bits per heavy atom. The fourth-order valence-corrected chi connectivity index (χ4v) is 2.73. The molecule has 1 atom stereocenters. The van der Waals surface area contributed by atoms with Gasteiger partial charge in [0.1, 0.15) is 12.6 Å². The van der Waals surface area contributed by atoms with Gasteiger partial charge in [0.15, 0.2) is 0 Å². The molecule has 0 fully saturated rings. The van der Waals surface area contributed by atoms with Gasteiger partial charge >= 0.3 is 0 Å². The molecule has 6 nitrogen and oxygen atoms in total. The maximum absolute atomic E-state index is 12.0. The highest BCUT2D eigenvalue weighted by atomic mass is 35.5. The number of methoxy groups -OCH3 is 1. The molecule has 1 heterocycles. The summed E-state index contributed by atoms with van der Waals surface area (Å²) in [5.74, 6) is 0.491. The topological polar surface area (TPSA) is 77.2 Å². The Morgan fingerprint density at radius 3 is 2.77 bits per heavy atom. The molecule has 0 saturated heterocycles. The second-order valence-corrected chi connectivity index (χ2v) is 6.15. The second-order valence-electron chi connectivity index (χ2n) is 5.71. The predicted molar refractivity (Wildman–Crippen MR) is 97.6 cm³/mol. The molecule has 3 rings (SSSR count). The van der Waals surface area contributed by atoms with Crippen LogP contribution in [0.15, 0.2) is 59.1 Å². The monoisotopic (exact) mass is 371 g/mol. The molecule has 0 radical (unpaired) electrons. The highest BCUT2D eigenvalue weighted by molar-refractivity contribution is 6.30. The lowest BCUT2D eigenvalue weighted by Gasteiger charge is -2.14. The Labute approximate surface area is 156 Å². The molecule has 7 heteroatoms. The van der Waals surface area contributed by atoms with Gasteiger partial charge in [0, 0.05) is 24.1 Å². The average Bonchev–Trinajstić information content (AvgIpc) is 3.12. The standard InChI is InChI=1S/C19H18ClN3O3/c1-25-12-17(24)21-16(10-13-6-3-2-4-7-13)19-22-18(23-26-19)14-8-5-9-15(20)11-14/h2-9,11,16H,10,12H2,1H3,(H,21,24). The van der Waals surface area contributed by atoms with E-state index in [1.165, 1.54) is 7.11 Å². The number of nitrogens with one attached hydrogen (secondary N) is 1. The van der Waals surface area contributed by atoms with Crippen molar-refractivity contribution in [2.24, 2.45) is 0 Å². The predicted octanol–water partition coefficient (Wildman–Crippen LogP) is 3.44. The molecule has 0 aliphatic rings. The zero-order valence-corrected chi connectivity index (χ0v) is 14.9. The van der Waals surface area contributed by atoms with Crippen molar-refractivity contribution in [3.8, 4) is 11.4 Å². The smallest absolute Gasteiger partial charge is 0.249 e. The first-order valence-electron chi connectivity index (χ1n) is 8.07. The molecule has 1 N–H and O–H groups in total. The van der Waals surface area contributed by atoms with E-state index in [1.807, 2.05) is 42.5 Å². The number of halogens is 1. The molecule has 2 aromatic carbocycles. The third-order valence-electron chi connectivity index (χ3n) is 3.72. The van der Waals surface area contributed by atoms with Crippen LogP contribution in [-0.4, -0.2) is 29.8 Å². The highest BCUT2D eigenvalue weighted by Crippen LogP contribution is 2.23. The van der Waals surface area contributed by atoms with Crippen LogP contribution in [0.3, 0.4) is 0 Å². The Hall–Kier alpha value is -2.70. The van der Waals surface area contributed by atoms with Crippen LogP contribution in [0.4, 0.5) is 0 Å². The third kappa shape index (κ3) is 4.68. The van der Waals surface area contributed by atoms with Crippen molar-refractivity contribution in [3.05, 3.63) is 71.1 Å². The van der Waals surface area contributed by atoms with Gasteiger partial charge in [0.05, 0.1) is 0 Å². The minimum atomic E-state index is -0.458. The third-order valence-corrected chi connectivity index (χ3v) is 3.95. The molecule has 1 unspecified atom stereocenters. The summed E-state index contributed by atoms with van der Waals surface area (Å²) >= 11 is 6.02. The molecular weight excluding hydrogens is 354 g/mol. The van der Waals surface area contributed by atoms with Gasteiger partial charge in [-0.2, -0.15) is 4.98 Å². The van der Waals surface area contributed by atoms with Crippen LogP contribution in [-0.2, 0) is 16.0 Å². The van der Waals surface area contributed by atoms with E-state index < -0.39 is 6.04 Å². The molecule has 0 bridgehead atoms. The number of rotatable bonds is 7. The van der Waals surface area contributed by atoms with Crippen LogP contribution in [0.2, 0.25) is 5.02 Å². The van der Waals surface area contributed by atoms with Gasteiger partial charge in [0.25, 0.3) is 0 Å². The van der Waals surface area contributed by atoms with Crippen LogP contribution in [0.25, 0.3) is 11.4 Å². The van der Waals surface area contributed by atoms with E-state index in [4.69, 9.17) is 20.9 Å². The number of amides is 1. The quantitative estimate of drug-likeness (QED) is 0.688. The molecular formula is C19H18ClN3O3. The van der Waals surface area contributed by atoms with Gasteiger partial charge in [-0.15, -0.1) is 0 Å². The Morgan fingerprint density at radius 1 is 1.23 bits per heavy atom. The number of hydrogen-bond acceptors (Lipinski definition) is 5. The van der Waals surface area contributed by atoms with E-state index in [-0.39, 0.29) is 12.5 Å². The number of aromatic nitrogens is 2. The first-order valence-corrected chi connectivity index (χ1v) is 8.45. The molecule has 0 aliphatic carbocycles. The largest absolute Gasteiger partial charge is 0.375 e. The lowest BCUT2D eigenvalue weighted by Crippen LogP contribution is -2.32. The van der Waals surface area contributed by atoms with Crippen LogP contribution < -0.4 is 5.32 Å². The SMILES string of the molecule is COCC(=O)NC(Cc1ccccc1)c1nc(-c2cccc(Cl)c2)no1. The van der Waals surface area contributed by atoms with E-state index in [1.54, 1.807) is 12.1 Å². The summed E-state index contributed by atoms with van der Waals surface area (Å²) in [5.41, 5.74) is 1.78. The average molecular weight is 372 g/mol. The number of ether oxygens (including phenoxy) is 1. The Balaban J connectivity index is 1.85. The van der Waals surface area contributed by atoms with Crippen molar-refractivity contribution in [2.45, 2.75) is 12.5 Å². The summed E-state index contributed by atoms with van der Waals surface area (Å²) in [7, 11) is 1.47. The fraction of sp³-hybridized carbons (Fsp3) is 0.211. The van der Waals surface area contributed by atoms with Crippen LogP contribution >= 0.6 is 11.6 Å². The Kier molecular flexibility index (Phi) is 5.99. The molecule has 0 spiro atoms. The lowest BCUT2D eigenvalue weighted by atomic mass is 10.1. The van der Waals surface area contributed by atoms with Gasteiger partial charge in [-0.1, -0.05) is 59.2 Å². The maximum atomic E-state index is 12.0. The summed E-state index contributed by atoms with van der Waals surface area (Å²) in [4.78, 5) is 16.4. The fourth-order valence-electron chi connectivity index (χ4n) is 2.54. The zero-order valence-electron chi connectivity index (χ0n) is 14.2. The summed E-state index contributed by atoms with van der Waals surface area (Å²) in [6.45, 7) is -0.0411. The molecule has 0 saturated carbocycles. The van der Waals surface area contributed by atoms with Gasteiger partial charge in [-0.25, -0.2) is 0 Å². The summed E-state index contributed by atoms with van der Waals surface area (Å²) in [6.07, 6.45) is 0.521. The molecule has 3 aromatic rings. The molecule has 26 heavy (non-hydrogen) atoms. The van der Waals surface area contributed by atoms with Crippen LogP contribution in [0, 0.1) is 0 Å². The van der Waals surface area contributed by atoms with Gasteiger partial charge in [-0.3, -0.25) is 4.79 Å². The van der Waals surface area contributed by atoms with Gasteiger partial charge in [-0.05, 0) is 17.7 Å². The van der Waals surface area contributed by atoms with E-state index in [2.05, 4.69) is 15.5 Å². The van der Waals surface area contributed by atoms with Crippen molar-refractivity contribution in [1.82, 2.24) is 15.5 Å². The van der Waals surface area contributed by atoms with E-state index in [9.17, 15) is 4.79 Å². The van der Waals surface area contributed by atoms with Crippen LogP contribution in [0.1, 0.15) is 17.5 Å². The van der Waals surface area contributed by atoms with Crippen LogP contribution in [0.5, 0.6) is 0 Å². The normalized spacial score (nSPS) is 11.9. The maximum Gasteiger partial charge on any atom is 0.249 e. The molecule has 0 aliphatic heterocycles. The van der Waals surface area contributed by atoms with Crippen molar-refractivity contribution < 1.29 is 14.1 Å². The summed E-state index contributed by atoms with van der Waals surface area (Å²) in [6, 6.07) is 16.5. The first-order chi connectivity index (χ1) is 12.7. The summed E-state index contributed by atoms with van der Waals surface area (Å²) < 4.78 is 10.3. The lowest BCUT2D eigenvalue weighted by molar-refractivity contribution is -0.125. The first kappa shape index (κ1) is 18.1. The second kappa shape index (κ2) is 8.60. The van der Waals surface area contributed by atoms with Gasteiger partial charge < -0.3 is 14.6 Å². The van der Waals surface area contributed by atoms with Crippen molar-refractivity contribution in [1.29, 1.82) is 0 Å². The minimum absolute atomic E-state index is 0.0411. The van der Waals surface area contributed by atoms with E-state index in [0.29, 0.717) is 23.2 Å². The molecule has 1 aromatic heterocycles. The Bertz CT molecular complexity index is 867. The summed E-state index contributed by atoms with van der Waals surface area (Å²) in [5, 5.41) is 7.47. The van der Waals surface area contributed by atoms with E-state index in [0.717, 1.165) is 11.1 Å². The number of hydrogen-bond donors (Lipinski definition) is 1. The zero-order chi connectivity index (χ0) is 18.4. The minimum Gasteiger partial charge on any atom is -0.375 e. The van der Waals surface area contributed by atoms with Crippen molar-refractivity contribution in [2.75, 3.05) is 13.7 Å².